The third kappa shape index (κ3) is 5.90. The zero-order valence-corrected chi connectivity index (χ0v) is 16.1. The molecule has 0 saturated heterocycles. The molecule has 0 radical (unpaired) electrons. The number of allylic oxidation sites excluding steroid dienone is 4. The minimum atomic E-state index is 1.00. The molecule has 0 aromatic heterocycles. The van der Waals surface area contributed by atoms with E-state index in [1.54, 1.807) is 0 Å². The molecule has 134 valence electrons. The van der Waals surface area contributed by atoms with Crippen LogP contribution in [0.1, 0.15) is 44.6 Å². The van der Waals surface area contributed by atoms with Gasteiger partial charge in [0.1, 0.15) is 0 Å². The summed E-state index contributed by atoms with van der Waals surface area (Å²) >= 11 is 0. The van der Waals surface area contributed by atoms with Crippen molar-refractivity contribution >= 4 is 12.4 Å². The van der Waals surface area contributed by atoms with E-state index in [2.05, 4.69) is 91.5 Å². The molecular weight excluding hydrogens is 323 g/mol. The Kier molecular flexibility index (Phi) is 7.37. The van der Waals surface area contributed by atoms with Crippen molar-refractivity contribution in [3.63, 3.8) is 0 Å². The molecule has 27 heavy (non-hydrogen) atoms. The SMILES string of the molecule is CCCCCCC#CB=C1C=C[C-](c2ccc(-c3ccccc3)cc2)C=C1. The maximum absolute atomic E-state index is 3.26. The van der Waals surface area contributed by atoms with Crippen molar-refractivity contribution in [1.82, 2.24) is 0 Å². The molecule has 0 heterocycles. The second kappa shape index (κ2) is 10.4. The minimum absolute atomic E-state index is 1.00. The van der Waals surface area contributed by atoms with Crippen molar-refractivity contribution < 1.29 is 0 Å². The third-order valence-corrected chi connectivity index (χ3v) is 4.73. The Bertz CT molecular complexity index is 842. The topological polar surface area (TPSA) is 0 Å². The molecule has 1 heteroatoms. The molecule has 0 nitrogen and oxygen atoms in total. The van der Waals surface area contributed by atoms with Gasteiger partial charge in [-0.25, -0.2) is 0 Å². The van der Waals surface area contributed by atoms with Crippen molar-refractivity contribution in [2.75, 3.05) is 0 Å². The van der Waals surface area contributed by atoms with Gasteiger partial charge >= 0.3 is 165 Å². The van der Waals surface area contributed by atoms with Crippen molar-refractivity contribution in [3.05, 3.63) is 90.4 Å². The van der Waals surface area contributed by atoms with Crippen molar-refractivity contribution in [3.8, 4) is 22.9 Å². The van der Waals surface area contributed by atoms with Crippen LogP contribution in [0.3, 0.4) is 0 Å². The average Bonchev–Trinajstić information content (AvgIpc) is 2.74. The van der Waals surface area contributed by atoms with Crippen molar-refractivity contribution in [2.45, 2.75) is 39.0 Å². The maximum atomic E-state index is 3.26. The number of unbranched alkanes of at least 4 members (excludes halogenated alkanes) is 4. The van der Waals surface area contributed by atoms with Crippen LogP contribution in [0.25, 0.3) is 11.1 Å². The van der Waals surface area contributed by atoms with Gasteiger partial charge in [0, 0.05) is 0 Å². The predicted octanol–water partition coefficient (Wildman–Crippen LogP) is 6.21. The van der Waals surface area contributed by atoms with Gasteiger partial charge in [-0.1, -0.05) is 0 Å². The zero-order valence-electron chi connectivity index (χ0n) is 16.1. The molecule has 0 spiro atoms. The number of hydrogen-bond acceptors (Lipinski definition) is 0. The molecule has 1 aliphatic rings. The van der Waals surface area contributed by atoms with Gasteiger partial charge in [0.15, 0.2) is 0 Å². The molecule has 0 unspecified atom stereocenters. The fourth-order valence-corrected chi connectivity index (χ4v) is 3.10. The fourth-order valence-electron chi connectivity index (χ4n) is 3.10. The van der Waals surface area contributed by atoms with Crippen LogP contribution in [-0.2, 0) is 0 Å². The molecule has 3 rings (SSSR count). The van der Waals surface area contributed by atoms with Crippen LogP contribution < -0.4 is 0 Å². The monoisotopic (exact) mass is 349 g/mol. The van der Waals surface area contributed by atoms with E-state index in [1.807, 2.05) is 13.0 Å². The first kappa shape index (κ1) is 19.1. The first-order valence-corrected chi connectivity index (χ1v) is 9.94. The van der Waals surface area contributed by atoms with Crippen molar-refractivity contribution in [1.29, 1.82) is 0 Å². The summed E-state index contributed by atoms with van der Waals surface area (Å²) in [5.74, 6) is 7.68. The Morgan fingerprint density at radius 3 is 2.22 bits per heavy atom. The molecule has 0 aliphatic heterocycles. The average molecular weight is 349 g/mol. The summed E-state index contributed by atoms with van der Waals surface area (Å²) in [6.07, 6.45) is 14.7. The predicted molar refractivity (Wildman–Crippen MR) is 120 cm³/mol. The summed E-state index contributed by atoms with van der Waals surface area (Å²) in [6, 6.07) is 19.2. The van der Waals surface area contributed by atoms with Gasteiger partial charge in [0.2, 0.25) is 0 Å². The van der Waals surface area contributed by atoms with Gasteiger partial charge in [-0.3, -0.25) is 0 Å². The summed E-state index contributed by atoms with van der Waals surface area (Å²) in [5, 5.41) is 0. The summed E-state index contributed by atoms with van der Waals surface area (Å²) in [7, 11) is 0. The van der Waals surface area contributed by atoms with Crippen LogP contribution in [0, 0.1) is 17.7 Å². The van der Waals surface area contributed by atoms with E-state index in [9.17, 15) is 0 Å². The Labute approximate surface area is 164 Å². The quantitative estimate of drug-likeness (QED) is 0.252. The van der Waals surface area contributed by atoms with Crippen molar-refractivity contribution in [2.24, 2.45) is 0 Å². The van der Waals surface area contributed by atoms with Gasteiger partial charge in [0.25, 0.3) is 0 Å². The Morgan fingerprint density at radius 2 is 1.52 bits per heavy atom. The van der Waals surface area contributed by atoms with Crippen LogP contribution in [0.2, 0.25) is 0 Å². The Morgan fingerprint density at radius 1 is 0.815 bits per heavy atom. The van der Waals surface area contributed by atoms with Crippen LogP contribution in [0.4, 0.5) is 0 Å². The normalized spacial score (nSPS) is 12.5. The van der Waals surface area contributed by atoms with E-state index in [-0.39, 0.29) is 0 Å². The molecular formula is C26H26B-. The van der Waals surface area contributed by atoms with Crippen LogP contribution in [0.5, 0.6) is 0 Å². The molecule has 0 saturated carbocycles. The molecule has 0 N–H and O–H groups in total. The Hall–Kier alpha value is -2.72. The zero-order chi connectivity index (χ0) is 18.7. The van der Waals surface area contributed by atoms with Gasteiger partial charge in [-0.2, -0.15) is 0 Å². The summed E-state index contributed by atoms with van der Waals surface area (Å²) in [5.41, 5.74) is 4.91. The van der Waals surface area contributed by atoms with Gasteiger partial charge < -0.3 is 0 Å². The molecule has 2 aromatic rings. The first-order chi connectivity index (χ1) is 13.4. The number of hydrogen-bond donors (Lipinski definition) is 0. The van der Waals surface area contributed by atoms with Gasteiger partial charge in [-0.05, 0) is 0 Å². The van der Waals surface area contributed by atoms with Crippen LogP contribution in [-0.4, -0.2) is 12.4 Å². The molecule has 0 atom stereocenters. The molecule has 2 aromatic carbocycles. The molecule has 0 amide bonds. The Balaban J connectivity index is 1.55. The number of benzene rings is 2. The molecule has 0 bridgehead atoms. The van der Waals surface area contributed by atoms with E-state index >= 15 is 0 Å². The molecule has 0 fully saturated rings. The van der Waals surface area contributed by atoms with E-state index in [1.165, 1.54) is 53.8 Å². The second-order valence-electron chi connectivity index (χ2n) is 6.84. The summed E-state index contributed by atoms with van der Waals surface area (Å²) in [4.78, 5) is 0. The van der Waals surface area contributed by atoms with E-state index in [0.717, 1.165) is 6.42 Å². The molecule has 1 aliphatic carbocycles. The first-order valence-electron chi connectivity index (χ1n) is 9.94. The number of rotatable bonds is 6. The summed E-state index contributed by atoms with van der Waals surface area (Å²) < 4.78 is 0. The van der Waals surface area contributed by atoms with E-state index < -0.39 is 0 Å². The van der Waals surface area contributed by atoms with E-state index in [0.29, 0.717) is 0 Å². The van der Waals surface area contributed by atoms with Gasteiger partial charge in [-0.15, -0.1) is 0 Å². The fraction of sp³-hybridized carbons (Fsp3) is 0.231. The van der Waals surface area contributed by atoms with Gasteiger partial charge in [0.05, 0.1) is 0 Å². The van der Waals surface area contributed by atoms with E-state index in [4.69, 9.17) is 0 Å². The van der Waals surface area contributed by atoms with Crippen LogP contribution in [0.15, 0.2) is 78.9 Å². The second-order valence-corrected chi connectivity index (χ2v) is 6.84. The van der Waals surface area contributed by atoms with Crippen LogP contribution >= 0.6 is 0 Å². The third-order valence-electron chi connectivity index (χ3n) is 4.73. The standard InChI is InChI=1S/C26H26B/c1-2-3-4-5-6-10-21-27-26-19-17-25(18-20-26)24-15-13-23(14-16-24)22-11-8-7-9-12-22/h7-9,11-20H,2-6H2,1H3/q-1. The summed E-state index contributed by atoms with van der Waals surface area (Å²) in [6.45, 7) is 4.25.